The van der Waals surface area contributed by atoms with E-state index in [4.69, 9.17) is 5.73 Å². The van der Waals surface area contributed by atoms with E-state index in [0.717, 1.165) is 19.5 Å². The normalized spacial score (nSPS) is 23.6. The smallest absolute Gasteiger partial charge is 0.0244 e. The molecule has 2 nitrogen and oxygen atoms in total. The lowest BCUT2D eigenvalue weighted by Gasteiger charge is -2.32. The van der Waals surface area contributed by atoms with Gasteiger partial charge in [0.2, 0.25) is 0 Å². The molecule has 1 unspecified atom stereocenters. The highest BCUT2D eigenvalue weighted by Crippen LogP contribution is 2.30. The molecule has 0 aliphatic carbocycles. The van der Waals surface area contributed by atoms with Gasteiger partial charge in [0, 0.05) is 24.7 Å². The molecule has 18 heavy (non-hydrogen) atoms. The molecule has 2 heteroatoms. The Kier molecular flexibility index (Phi) is 3.52. The highest BCUT2D eigenvalue weighted by atomic mass is 15.2. The van der Waals surface area contributed by atoms with E-state index in [2.05, 4.69) is 51.7 Å². The quantitative estimate of drug-likeness (QED) is 0.869. The van der Waals surface area contributed by atoms with Crippen LogP contribution in [0.25, 0.3) is 0 Å². The second-order valence-corrected chi connectivity index (χ2v) is 6.53. The molecule has 1 heterocycles. The van der Waals surface area contributed by atoms with E-state index in [-0.39, 0.29) is 5.54 Å². The molecule has 1 aromatic rings. The van der Waals surface area contributed by atoms with Crippen molar-refractivity contribution in [3.05, 3.63) is 34.4 Å². The Bertz CT molecular complexity index is 425. The fraction of sp³-hybridized carbons (Fsp3) is 0.625. The van der Waals surface area contributed by atoms with Crippen LogP contribution in [-0.4, -0.2) is 23.0 Å². The molecule has 0 bridgehead atoms. The van der Waals surface area contributed by atoms with E-state index in [1.807, 2.05) is 0 Å². The minimum absolute atomic E-state index is 0.225. The van der Waals surface area contributed by atoms with Gasteiger partial charge in [-0.25, -0.2) is 0 Å². The fourth-order valence-electron chi connectivity index (χ4n) is 3.29. The Balaban J connectivity index is 2.25. The molecule has 2 N–H and O–H groups in total. The lowest BCUT2D eigenvalue weighted by molar-refractivity contribution is 0.166. The van der Waals surface area contributed by atoms with E-state index in [0.29, 0.717) is 6.04 Å². The lowest BCUT2D eigenvalue weighted by atomic mass is 9.96. The summed E-state index contributed by atoms with van der Waals surface area (Å²) in [5.41, 5.74) is 12.0. The predicted octanol–water partition coefficient (Wildman–Crippen LogP) is 2.92. The average molecular weight is 246 g/mol. The number of hydrogen-bond donors (Lipinski definition) is 1. The molecule has 0 spiro atoms. The third kappa shape index (κ3) is 2.60. The summed E-state index contributed by atoms with van der Waals surface area (Å²) in [4.78, 5) is 2.53. The molecule has 2 rings (SSSR count). The van der Waals surface area contributed by atoms with Crippen molar-refractivity contribution in [2.45, 2.75) is 59.2 Å². The van der Waals surface area contributed by atoms with Crippen molar-refractivity contribution in [2.75, 3.05) is 6.54 Å². The van der Waals surface area contributed by atoms with Crippen LogP contribution in [0.5, 0.6) is 0 Å². The van der Waals surface area contributed by atoms with Gasteiger partial charge >= 0.3 is 0 Å². The average Bonchev–Trinajstić information content (AvgIpc) is 2.45. The lowest BCUT2D eigenvalue weighted by Crippen LogP contribution is -2.37. The van der Waals surface area contributed by atoms with E-state index in [1.54, 1.807) is 0 Å². The van der Waals surface area contributed by atoms with Crippen molar-refractivity contribution in [3.63, 3.8) is 0 Å². The highest BCUT2D eigenvalue weighted by molar-refractivity contribution is 5.37. The molecule has 100 valence electrons. The largest absolute Gasteiger partial charge is 0.326 e. The van der Waals surface area contributed by atoms with Crippen LogP contribution in [0.4, 0.5) is 0 Å². The van der Waals surface area contributed by atoms with Crippen LogP contribution in [0.1, 0.15) is 42.5 Å². The van der Waals surface area contributed by atoms with Gasteiger partial charge in [-0.2, -0.15) is 0 Å². The Morgan fingerprint density at radius 3 is 2.22 bits per heavy atom. The molecule has 1 saturated heterocycles. The fourth-order valence-corrected chi connectivity index (χ4v) is 3.29. The summed E-state index contributed by atoms with van der Waals surface area (Å²) in [5, 5.41) is 0. The van der Waals surface area contributed by atoms with E-state index < -0.39 is 0 Å². The van der Waals surface area contributed by atoms with Crippen molar-refractivity contribution < 1.29 is 0 Å². The van der Waals surface area contributed by atoms with Gasteiger partial charge in [-0.1, -0.05) is 17.7 Å². The number of nitrogens with zero attached hydrogens (tertiary/aromatic N) is 1. The van der Waals surface area contributed by atoms with Crippen LogP contribution >= 0.6 is 0 Å². The van der Waals surface area contributed by atoms with Crippen LogP contribution in [0.2, 0.25) is 0 Å². The summed E-state index contributed by atoms with van der Waals surface area (Å²) in [7, 11) is 0. The summed E-state index contributed by atoms with van der Waals surface area (Å²) in [6.45, 7) is 13.3. The monoisotopic (exact) mass is 246 g/mol. The minimum atomic E-state index is 0.225. The number of benzene rings is 1. The standard InChI is InChI=1S/C16H26N2/c1-11-6-12(2)15(13(3)7-11)10-18-9-14(17)8-16(18,4)5/h6-7,14H,8-10,17H2,1-5H3. The second kappa shape index (κ2) is 4.67. The molecule has 1 fully saturated rings. The van der Waals surface area contributed by atoms with Gasteiger partial charge in [-0.05, 0) is 57.7 Å². The Morgan fingerprint density at radius 2 is 1.78 bits per heavy atom. The maximum Gasteiger partial charge on any atom is 0.0244 e. The van der Waals surface area contributed by atoms with Gasteiger partial charge in [0.1, 0.15) is 0 Å². The van der Waals surface area contributed by atoms with Gasteiger partial charge in [0.25, 0.3) is 0 Å². The maximum atomic E-state index is 6.11. The number of nitrogens with two attached hydrogens (primary N) is 1. The minimum Gasteiger partial charge on any atom is -0.326 e. The molecular weight excluding hydrogens is 220 g/mol. The summed E-state index contributed by atoms with van der Waals surface area (Å²) in [6, 6.07) is 4.89. The number of rotatable bonds is 2. The van der Waals surface area contributed by atoms with Crippen molar-refractivity contribution in [2.24, 2.45) is 5.73 Å². The molecule has 0 amide bonds. The van der Waals surface area contributed by atoms with Crippen molar-refractivity contribution in [1.82, 2.24) is 4.90 Å². The first kappa shape index (κ1) is 13.6. The zero-order chi connectivity index (χ0) is 13.5. The molecule has 1 aromatic carbocycles. The molecule has 1 aliphatic heterocycles. The molecule has 0 radical (unpaired) electrons. The second-order valence-electron chi connectivity index (χ2n) is 6.53. The molecule has 1 atom stereocenters. The van der Waals surface area contributed by atoms with Gasteiger partial charge in [0.15, 0.2) is 0 Å². The first-order valence-electron chi connectivity index (χ1n) is 6.87. The highest BCUT2D eigenvalue weighted by Gasteiger charge is 2.36. The molecule has 0 saturated carbocycles. The Hall–Kier alpha value is -0.860. The van der Waals surface area contributed by atoms with Crippen molar-refractivity contribution >= 4 is 0 Å². The van der Waals surface area contributed by atoms with Gasteiger partial charge in [-0.15, -0.1) is 0 Å². The van der Waals surface area contributed by atoms with Crippen LogP contribution in [0, 0.1) is 20.8 Å². The Morgan fingerprint density at radius 1 is 1.22 bits per heavy atom. The first-order chi connectivity index (χ1) is 8.29. The predicted molar refractivity (Wildman–Crippen MR) is 77.7 cm³/mol. The zero-order valence-electron chi connectivity index (χ0n) is 12.4. The summed E-state index contributed by atoms with van der Waals surface area (Å²) in [6.07, 6.45) is 1.09. The molecular formula is C16H26N2. The van der Waals surface area contributed by atoms with Crippen LogP contribution in [0.3, 0.4) is 0 Å². The molecule has 0 aromatic heterocycles. The van der Waals surface area contributed by atoms with E-state index >= 15 is 0 Å². The van der Waals surface area contributed by atoms with E-state index in [9.17, 15) is 0 Å². The third-order valence-corrected chi connectivity index (χ3v) is 4.26. The topological polar surface area (TPSA) is 29.3 Å². The Labute approximate surface area is 111 Å². The van der Waals surface area contributed by atoms with Gasteiger partial charge in [-0.3, -0.25) is 4.90 Å². The number of likely N-dealkylation sites (tertiary alicyclic amines) is 1. The summed E-state index contributed by atoms with van der Waals surface area (Å²) < 4.78 is 0. The van der Waals surface area contributed by atoms with Crippen LogP contribution in [-0.2, 0) is 6.54 Å². The number of hydrogen-bond acceptors (Lipinski definition) is 2. The molecule has 1 aliphatic rings. The SMILES string of the molecule is Cc1cc(C)c(CN2CC(N)CC2(C)C)c(C)c1. The summed E-state index contributed by atoms with van der Waals surface area (Å²) in [5.74, 6) is 0. The maximum absolute atomic E-state index is 6.11. The van der Waals surface area contributed by atoms with Crippen molar-refractivity contribution in [1.29, 1.82) is 0 Å². The number of aryl methyl sites for hydroxylation is 3. The first-order valence-corrected chi connectivity index (χ1v) is 6.87. The van der Waals surface area contributed by atoms with E-state index in [1.165, 1.54) is 22.3 Å². The van der Waals surface area contributed by atoms with Gasteiger partial charge in [0.05, 0.1) is 0 Å². The third-order valence-electron chi connectivity index (χ3n) is 4.26. The zero-order valence-corrected chi connectivity index (χ0v) is 12.4. The van der Waals surface area contributed by atoms with Gasteiger partial charge < -0.3 is 5.73 Å². The van der Waals surface area contributed by atoms with Crippen LogP contribution in [0.15, 0.2) is 12.1 Å². The van der Waals surface area contributed by atoms with Crippen molar-refractivity contribution in [3.8, 4) is 0 Å². The summed E-state index contributed by atoms with van der Waals surface area (Å²) >= 11 is 0. The van der Waals surface area contributed by atoms with Crippen LogP contribution < -0.4 is 5.73 Å².